The molecule has 1 heterocycles. The number of anilines is 1. The molecule has 0 aliphatic carbocycles. The summed E-state index contributed by atoms with van der Waals surface area (Å²) >= 11 is 0. The molecule has 1 aliphatic heterocycles. The van der Waals surface area contributed by atoms with Crippen molar-refractivity contribution < 1.29 is 4.79 Å². The number of rotatable bonds is 5. The number of carbonyl (C=O) groups excluding carboxylic acids is 1. The van der Waals surface area contributed by atoms with Crippen molar-refractivity contribution in [2.24, 2.45) is 5.92 Å². The molecule has 1 N–H and O–H groups in total. The van der Waals surface area contributed by atoms with E-state index in [1.54, 1.807) is 0 Å². The Morgan fingerprint density at radius 1 is 1.15 bits per heavy atom. The highest BCUT2D eigenvalue weighted by atomic mass is 16.2. The normalized spacial score (nSPS) is 20.3. The minimum Gasteiger partial charge on any atom is -0.324 e. The molecule has 4 nitrogen and oxygen atoms in total. The minimum atomic E-state index is -0.0170. The van der Waals surface area contributed by atoms with Gasteiger partial charge in [0, 0.05) is 38.4 Å². The van der Waals surface area contributed by atoms with Crippen molar-refractivity contribution in [2.45, 2.75) is 39.3 Å². The van der Waals surface area contributed by atoms with Crippen LogP contribution in [0.15, 0.2) is 54.6 Å². The molecule has 0 radical (unpaired) electrons. The Labute approximate surface area is 163 Å². The van der Waals surface area contributed by atoms with Gasteiger partial charge in [0.05, 0.1) is 0 Å². The van der Waals surface area contributed by atoms with Crippen molar-refractivity contribution in [3.63, 3.8) is 0 Å². The molecule has 1 fully saturated rings. The van der Waals surface area contributed by atoms with Crippen LogP contribution in [0.25, 0.3) is 0 Å². The lowest BCUT2D eigenvalue weighted by atomic mass is 9.92. The second kappa shape index (κ2) is 9.05. The van der Waals surface area contributed by atoms with E-state index in [1.165, 1.54) is 11.1 Å². The Bertz CT molecular complexity index is 746. The lowest BCUT2D eigenvalue weighted by molar-refractivity contribution is 0.0933. The van der Waals surface area contributed by atoms with E-state index in [2.05, 4.69) is 66.5 Å². The van der Waals surface area contributed by atoms with Gasteiger partial charge in [-0.3, -0.25) is 4.90 Å². The molecule has 0 unspecified atom stereocenters. The van der Waals surface area contributed by atoms with Crippen molar-refractivity contribution in [1.82, 2.24) is 9.80 Å². The van der Waals surface area contributed by atoms with Crippen molar-refractivity contribution in [1.29, 1.82) is 0 Å². The zero-order chi connectivity index (χ0) is 19.2. The molecule has 0 aromatic heterocycles. The first-order valence-corrected chi connectivity index (χ1v) is 9.96. The summed E-state index contributed by atoms with van der Waals surface area (Å²) in [6, 6.07) is 19.0. The van der Waals surface area contributed by atoms with E-state index < -0.39 is 0 Å². The van der Waals surface area contributed by atoms with Crippen LogP contribution >= 0.6 is 0 Å². The highest BCUT2D eigenvalue weighted by molar-refractivity contribution is 5.89. The van der Waals surface area contributed by atoms with Crippen molar-refractivity contribution in [2.75, 3.05) is 25.5 Å². The molecule has 0 saturated carbocycles. The van der Waals surface area contributed by atoms with E-state index in [9.17, 15) is 4.79 Å². The highest BCUT2D eigenvalue weighted by Crippen LogP contribution is 2.23. The van der Waals surface area contributed by atoms with Crippen LogP contribution < -0.4 is 5.32 Å². The van der Waals surface area contributed by atoms with Crippen LogP contribution in [0, 0.1) is 5.92 Å². The summed E-state index contributed by atoms with van der Waals surface area (Å²) in [5, 5.41) is 3.06. The fourth-order valence-corrected chi connectivity index (χ4v) is 4.01. The minimum absolute atomic E-state index is 0.0170. The topological polar surface area (TPSA) is 35.6 Å². The number of nitrogens with zero attached hydrogens (tertiary/aromatic N) is 2. The van der Waals surface area contributed by atoms with Gasteiger partial charge in [0.25, 0.3) is 0 Å². The molecule has 144 valence electrons. The second-order valence-electron chi connectivity index (χ2n) is 7.65. The second-order valence-corrected chi connectivity index (χ2v) is 7.65. The maximum Gasteiger partial charge on any atom is 0.321 e. The van der Waals surface area contributed by atoms with E-state index in [-0.39, 0.29) is 12.1 Å². The number of likely N-dealkylation sites (tertiary alicyclic amines) is 1. The number of hydrogen-bond acceptors (Lipinski definition) is 2. The summed E-state index contributed by atoms with van der Waals surface area (Å²) in [7, 11) is 1.92. The fourth-order valence-electron chi connectivity index (χ4n) is 4.01. The third kappa shape index (κ3) is 5.10. The number of nitrogens with one attached hydrogen (secondary N) is 1. The summed E-state index contributed by atoms with van der Waals surface area (Å²) in [5.74, 6) is 0.445. The zero-order valence-electron chi connectivity index (χ0n) is 16.7. The zero-order valence-corrected chi connectivity index (χ0v) is 16.7. The van der Waals surface area contributed by atoms with Crippen LogP contribution in [0.2, 0.25) is 0 Å². The van der Waals surface area contributed by atoms with Crippen molar-refractivity contribution in [3.8, 4) is 0 Å². The van der Waals surface area contributed by atoms with Gasteiger partial charge in [-0.1, -0.05) is 56.3 Å². The van der Waals surface area contributed by atoms with E-state index in [0.717, 1.165) is 38.2 Å². The number of carbonyl (C=O) groups is 1. The molecule has 0 spiro atoms. The van der Waals surface area contributed by atoms with Gasteiger partial charge < -0.3 is 10.2 Å². The highest BCUT2D eigenvalue weighted by Gasteiger charge is 2.31. The average molecular weight is 366 g/mol. The number of hydrogen-bond donors (Lipinski definition) is 1. The molecule has 1 aliphatic rings. The number of amides is 2. The van der Waals surface area contributed by atoms with E-state index in [4.69, 9.17) is 0 Å². The number of urea groups is 1. The Morgan fingerprint density at radius 2 is 1.89 bits per heavy atom. The maximum atomic E-state index is 12.7. The molecule has 2 atom stereocenters. The molecular weight excluding hydrogens is 334 g/mol. The third-order valence-electron chi connectivity index (χ3n) is 5.60. The Hall–Kier alpha value is -2.33. The first-order chi connectivity index (χ1) is 13.1. The summed E-state index contributed by atoms with van der Waals surface area (Å²) in [4.78, 5) is 17.1. The first-order valence-electron chi connectivity index (χ1n) is 9.96. The largest absolute Gasteiger partial charge is 0.324 e. The van der Waals surface area contributed by atoms with Crippen LogP contribution in [-0.2, 0) is 13.0 Å². The van der Waals surface area contributed by atoms with Crippen LogP contribution in [0.5, 0.6) is 0 Å². The van der Waals surface area contributed by atoms with Gasteiger partial charge in [0.1, 0.15) is 0 Å². The first kappa shape index (κ1) is 19.4. The fraction of sp³-hybridized carbons (Fsp3) is 0.435. The summed E-state index contributed by atoms with van der Waals surface area (Å²) in [6.07, 6.45) is 1.98. The third-order valence-corrected chi connectivity index (χ3v) is 5.60. The predicted octanol–water partition coefficient (Wildman–Crippen LogP) is 4.62. The molecule has 4 heteroatoms. The number of piperidine rings is 1. The van der Waals surface area contributed by atoms with E-state index >= 15 is 0 Å². The van der Waals surface area contributed by atoms with Crippen LogP contribution in [0.4, 0.5) is 10.5 Å². The van der Waals surface area contributed by atoms with Crippen molar-refractivity contribution >= 4 is 11.7 Å². The predicted molar refractivity (Wildman–Crippen MR) is 112 cm³/mol. The lowest BCUT2D eigenvalue weighted by Crippen LogP contribution is -2.51. The van der Waals surface area contributed by atoms with Gasteiger partial charge in [-0.2, -0.15) is 0 Å². The standard InChI is InChI=1S/C23H31N3O/c1-4-19-11-8-12-21(15-19)24-23(27)25(3)22-13-14-26(16-18(22)2)17-20-9-6-5-7-10-20/h5-12,15,18,22H,4,13-14,16-17H2,1-3H3,(H,24,27)/t18-,22-/m0/s1. The van der Waals surface area contributed by atoms with Crippen LogP contribution in [0.1, 0.15) is 31.4 Å². The molecule has 2 aromatic carbocycles. The number of benzene rings is 2. The van der Waals surface area contributed by atoms with Gasteiger partial charge >= 0.3 is 6.03 Å². The smallest absolute Gasteiger partial charge is 0.321 e. The van der Waals surface area contributed by atoms with Crippen LogP contribution in [-0.4, -0.2) is 42.0 Å². The molecule has 27 heavy (non-hydrogen) atoms. The quantitative estimate of drug-likeness (QED) is 0.839. The van der Waals surface area contributed by atoms with Gasteiger partial charge in [-0.15, -0.1) is 0 Å². The van der Waals surface area contributed by atoms with E-state index in [0.29, 0.717) is 5.92 Å². The monoisotopic (exact) mass is 365 g/mol. The summed E-state index contributed by atoms with van der Waals surface area (Å²) < 4.78 is 0. The average Bonchev–Trinajstić information content (AvgIpc) is 2.68. The molecule has 1 saturated heterocycles. The lowest BCUT2D eigenvalue weighted by Gasteiger charge is -2.41. The van der Waals surface area contributed by atoms with Gasteiger partial charge in [0.15, 0.2) is 0 Å². The van der Waals surface area contributed by atoms with E-state index in [1.807, 2.05) is 24.1 Å². The molecule has 0 bridgehead atoms. The van der Waals surface area contributed by atoms with Gasteiger partial charge in [-0.25, -0.2) is 4.79 Å². The van der Waals surface area contributed by atoms with Gasteiger partial charge in [-0.05, 0) is 42.0 Å². The summed E-state index contributed by atoms with van der Waals surface area (Å²) in [6.45, 7) is 7.40. The molecular formula is C23H31N3O. The molecule has 2 amide bonds. The van der Waals surface area contributed by atoms with Crippen molar-refractivity contribution in [3.05, 3.63) is 65.7 Å². The molecule has 2 aromatic rings. The Balaban J connectivity index is 1.55. The Kier molecular flexibility index (Phi) is 6.51. The van der Waals surface area contributed by atoms with Gasteiger partial charge in [0.2, 0.25) is 0 Å². The number of aryl methyl sites for hydroxylation is 1. The molecule has 3 rings (SSSR count). The Morgan fingerprint density at radius 3 is 2.59 bits per heavy atom. The SMILES string of the molecule is CCc1cccc(NC(=O)N(C)[C@H]2CCN(Cc3ccccc3)C[C@@H]2C)c1. The summed E-state index contributed by atoms with van der Waals surface area (Å²) in [5.41, 5.74) is 3.46. The van der Waals surface area contributed by atoms with Crippen LogP contribution in [0.3, 0.4) is 0 Å². The maximum absolute atomic E-state index is 12.7.